The molecule has 0 aliphatic carbocycles. The Morgan fingerprint density at radius 2 is 1.07 bits per heavy atom. The number of aliphatic hydroxyl groups is 5. The molecule has 1 rings (SSSR count). The number of esters is 1. The van der Waals surface area contributed by atoms with E-state index in [4.69, 9.17) is 4.74 Å². The molecule has 0 radical (unpaired) electrons. The lowest BCUT2D eigenvalue weighted by atomic mass is 9.94. The normalized spacial score (nSPS) is 31.4. The summed E-state index contributed by atoms with van der Waals surface area (Å²) in [6.45, 7) is 2.10. The van der Waals surface area contributed by atoms with Crippen LogP contribution in [-0.4, -0.2) is 79.7 Å². The van der Waals surface area contributed by atoms with Gasteiger partial charge in [-0.05, 0) is 57.3 Å². The van der Waals surface area contributed by atoms with Gasteiger partial charge in [0, 0.05) is 6.08 Å². The minimum absolute atomic E-state index is 0.0113. The number of carbonyl (C=O) groups excluding carboxylic acids is 1. The number of ether oxygens (including phenoxy) is 1. The van der Waals surface area contributed by atoms with E-state index in [0.29, 0.717) is 12.8 Å². The second-order valence-electron chi connectivity index (χ2n) is 10.3. The molecule has 0 spiro atoms. The molecule has 0 fully saturated rings. The number of cyclic esters (lactones) is 1. The number of rotatable bonds is 1. The van der Waals surface area contributed by atoms with Gasteiger partial charge >= 0.3 is 11.9 Å². The van der Waals surface area contributed by atoms with E-state index in [9.17, 15) is 40.2 Å². The maximum Gasteiger partial charge on any atom is 0.330 e. The molecule has 0 aromatic heterocycles. The highest BCUT2D eigenvalue weighted by Gasteiger charge is 2.22. The number of carboxylic acids is 1. The van der Waals surface area contributed by atoms with E-state index in [-0.39, 0.29) is 51.0 Å². The monoisotopic (exact) mass is 562 g/mol. The van der Waals surface area contributed by atoms with Crippen LogP contribution >= 0.6 is 0 Å². The first-order chi connectivity index (χ1) is 19.1. The van der Waals surface area contributed by atoms with Gasteiger partial charge in [0.2, 0.25) is 0 Å². The summed E-state index contributed by atoms with van der Waals surface area (Å²) in [7, 11) is 0. The van der Waals surface area contributed by atoms with Gasteiger partial charge in [0.1, 0.15) is 0 Å². The standard InChI is InChI=1S/C31H46O9/c1-23-14-16-25(32)18-27(34)20-29(36)21-28(35)19-26(33)17-15-24(31(38)39)12-10-8-6-4-2-3-5-7-9-11-13-30(37)40-22-23/h2-13,23-29,32-36H,14-22H2,1H3,(H,38,39). The van der Waals surface area contributed by atoms with Crippen molar-refractivity contribution in [2.45, 2.75) is 88.8 Å². The third-order valence-electron chi connectivity index (χ3n) is 6.38. The molecular formula is C31H46O9. The van der Waals surface area contributed by atoms with E-state index in [1.807, 2.05) is 6.92 Å². The number of carbonyl (C=O) groups is 2. The first-order valence-electron chi connectivity index (χ1n) is 13.9. The largest absolute Gasteiger partial charge is 0.481 e. The fraction of sp³-hybridized carbons (Fsp3) is 0.548. The Labute approximate surface area is 237 Å². The van der Waals surface area contributed by atoms with Crippen molar-refractivity contribution in [2.24, 2.45) is 11.8 Å². The van der Waals surface area contributed by atoms with Gasteiger partial charge in [-0.25, -0.2) is 4.79 Å². The number of allylic oxidation sites excluding steroid dienone is 10. The van der Waals surface area contributed by atoms with Crippen LogP contribution in [0.5, 0.6) is 0 Å². The molecule has 0 saturated carbocycles. The lowest BCUT2D eigenvalue weighted by Crippen LogP contribution is -2.28. The number of aliphatic carboxylic acids is 1. The first-order valence-corrected chi connectivity index (χ1v) is 13.9. The highest BCUT2D eigenvalue weighted by molar-refractivity contribution is 5.82. The van der Waals surface area contributed by atoms with Crippen molar-refractivity contribution in [1.82, 2.24) is 0 Å². The van der Waals surface area contributed by atoms with E-state index in [0.717, 1.165) is 0 Å². The quantitative estimate of drug-likeness (QED) is 0.263. The number of hydrogen-bond acceptors (Lipinski definition) is 8. The Kier molecular flexibility index (Phi) is 18.5. The third kappa shape index (κ3) is 18.5. The van der Waals surface area contributed by atoms with Crippen molar-refractivity contribution in [3.8, 4) is 0 Å². The van der Waals surface area contributed by atoms with Gasteiger partial charge in [0.25, 0.3) is 0 Å². The van der Waals surface area contributed by atoms with Crippen LogP contribution in [0.25, 0.3) is 0 Å². The lowest BCUT2D eigenvalue weighted by molar-refractivity contribution is -0.140. The minimum Gasteiger partial charge on any atom is -0.481 e. The van der Waals surface area contributed by atoms with Crippen LogP contribution in [0.3, 0.4) is 0 Å². The molecule has 9 heteroatoms. The molecule has 9 nitrogen and oxygen atoms in total. The summed E-state index contributed by atoms with van der Waals surface area (Å²) in [6.07, 6.45) is 16.5. The van der Waals surface area contributed by atoms with Gasteiger partial charge in [-0.3, -0.25) is 4.79 Å². The summed E-state index contributed by atoms with van der Waals surface area (Å²) in [4.78, 5) is 23.4. The van der Waals surface area contributed by atoms with E-state index in [1.165, 1.54) is 12.2 Å². The number of aliphatic hydroxyl groups excluding tert-OH is 5. The summed E-state index contributed by atoms with van der Waals surface area (Å²) in [6, 6.07) is 0. The average Bonchev–Trinajstić information content (AvgIpc) is 2.87. The van der Waals surface area contributed by atoms with Gasteiger partial charge in [-0.1, -0.05) is 73.8 Å². The summed E-state index contributed by atoms with van der Waals surface area (Å²) < 4.78 is 5.22. The van der Waals surface area contributed by atoms with Crippen molar-refractivity contribution < 1.29 is 45.0 Å². The predicted octanol–water partition coefficient (Wildman–Crippen LogP) is 3.14. The SMILES string of the molecule is CC1CCC(O)CC(O)CC(O)CC(O)CC(O)CCC(C(=O)O)C=CC=CC=CC=CC=CC=CC(=O)OC1. The molecule has 1 heterocycles. The Morgan fingerprint density at radius 1 is 0.650 bits per heavy atom. The zero-order valence-electron chi connectivity index (χ0n) is 23.2. The fourth-order valence-electron chi connectivity index (χ4n) is 4.13. The van der Waals surface area contributed by atoms with Crippen molar-refractivity contribution in [3.05, 3.63) is 72.9 Å². The van der Waals surface area contributed by atoms with Crippen LogP contribution in [0.1, 0.15) is 58.3 Å². The van der Waals surface area contributed by atoms with Gasteiger partial charge in [0.15, 0.2) is 0 Å². The van der Waals surface area contributed by atoms with Crippen molar-refractivity contribution >= 4 is 11.9 Å². The minimum atomic E-state index is -1.03. The van der Waals surface area contributed by atoms with Gasteiger partial charge < -0.3 is 35.4 Å². The maximum absolute atomic E-state index is 11.9. The van der Waals surface area contributed by atoms with Gasteiger partial charge in [0.05, 0.1) is 43.0 Å². The highest BCUT2D eigenvalue weighted by Crippen LogP contribution is 2.19. The first kappa shape index (κ1) is 35.2. The average molecular weight is 563 g/mol. The molecule has 224 valence electrons. The summed E-state index contributed by atoms with van der Waals surface area (Å²) in [5, 5.41) is 60.7. The Morgan fingerprint density at radius 3 is 1.57 bits per heavy atom. The summed E-state index contributed by atoms with van der Waals surface area (Å²) in [5.41, 5.74) is 0. The zero-order valence-corrected chi connectivity index (χ0v) is 23.2. The zero-order chi connectivity index (χ0) is 29.8. The van der Waals surface area contributed by atoms with Crippen LogP contribution in [0.15, 0.2) is 72.9 Å². The molecule has 0 aromatic rings. The third-order valence-corrected chi connectivity index (χ3v) is 6.38. The van der Waals surface area contributed by atoms with Crippen molar-refractivity contribution in [3.63, 3.8) is 0 Å². The molecule has 1 aliphatic heterocycles. The van der Waals surface area contributed by atoms with Crippen LogP contribution in [0.2, 0.25) is 0 Å². The Bertz CT molecular complexity index is 902. The van der Waals surface area contributed by atoms with Gasteiger partial charge in [-0.15, -0.1) is 0 Å². The topological polar surface area (TPSA) is 165 Å². The maximum atomic E-state index is 11.9. The smallest absolute Gasteiger partial charge is 0.330 e. The molecule has 0 bridgehead atoms. The van der Waals surface area contributed by atoms with Crippen LogP contribution in [0.4, 0.5) is 0 Å². The predicted molar refractivity (Wildman–Crippen MR) is 153 cm³/mol. The van der Waals surface area contributed by atoms with Crippen molar-refractivity contribution in [1.29, 1.82) is 0 Å². The van der Waals surface area contributed by atoms with Crippen LogP contribution in [-0.2, 0) is 14.3 Å². The summed E-state index contributed by atoms with van der Waals surface area (Å²) in [5.74, 6) is -2.27. The van der Waals surface area contributed by atoms with E-state index in [1.54, 1.807) is 60.8 Å². The van der Waals surface area contributed by atoms with E-state index in [2.05, 4.69) is 0 Å². The molecular weight excluding hydrogens is 516 g/mol. The Balaban J connectivity index is 2.81. The number of carboxylic acid groups (broad SMARTS) is 1. The lowest BCUT2D eigenvalue weighted by Gasteiger charge is -2.22. The molecule has 7 atom stereocenters. The summed E-state index contributed by atoms with van der Waals surface area (Å²) >= 11 is 0. The molecule has 6 N–H and O–H groups in total. The second-order valence-corrected chi connectivity index (χ2v) is 10.3. The second kappa shape index (κ2) is 21.0. The van der Waals surface area contributed by atoms with Crippen LogP contribution < -0.4 is 0 Å². The van der Waals surface area contributed by atoms with Crippen molar-refractivity contribution in [2.75, 3.05) is 6.61 Å². The number of hydrogen-bond donors (Lipinski definition) is 6. The molecule has 0 amide bonds. The van der Waals surface area contributed by atoms with E-state index >= 15 is 0 Å². The van der Waals surface area contributed by atoms with Gasteiger partial charge in [-0.2, -0.15) is 0 Å². The molecule has 40 heavy (non-hydrogen) atoms. The van der Waals surface area contributed by atoms with Crippen LogP contribution in [0, 0.1) is 11.8 Å². The highest BCUT2D eigenvalue weighted by atomic mass is 16.5. The van der Waals surface area contributed by atoms with E-state index < -0.39 is 48.4 Å². The fourth-order valence-corrected chi connectivity index (χ4v) is 4.13. The Hall–Kier alpha value is -2.82. The molecule has 7 unspecified atom stereocenters. The molecule has 0 saturated heterocycles. The molecule has 0 aromatic carbocycles. The molecule has 1 aliphatic rings.